The van der Waals surface area contributed by atoms with Crippen molar-refractivity contribution in [1.29, 1.82) is 0 Å². The monoisotopic (exact) mass is 570 g/mol. The van der Waals surface area contributed by atoms with Gasteiger partial charge in [0.25, 0.3) is 5.91 Å². The zero-order chi connectivity index (χ0) is 29.2. The third-order valence-corrected chi connectivity index (χ3v) is 9.70. The van der Waals surface area contributed by atoms with Gasteiger partial charge in [-0.15, -0.1) is 0 Å². The number of ether oxygens (including phenoxy) is 1. The molecule has 1 saturated heterocycles. The lowest BCUT2D eigenvalue weighted by atomic mass is 9.91. The van der Waals surface area contributed by atoms with Gasteiger partial charge in [-0.2, -0.15) is 9.04 Å². The Balaban J connectivity index is 1.46. The van der Waals surface area contributed by atoms with Crippen molar-refractivity contribution in [2.75, 3.05) is 13.1 Å². The van der Waals surface area contributed by atoms with Crippen molar-refractivity contribution in [2.45, 2.75) is 51.5 Å². The first-order chi connectivity index (χ1) is 18.8. The summed E-state index contributed by atoms with van der Waals surface area (Å²) in [5.74, 6) is -1.48. The molecule has 2 aromatic carbocycles. The van der Waals surface area contributed by atoms with Crippen molar-refractivity contribution in [3.63, 3.8) is 0 Å². The van der Waals surface area contributed by atoms with E-state index in [0.29, 0.717) is 22.5 Å². The number of pyridine rings is 1. The van der Waals surface area contributed by atoms with Crippen molar-refractivity contribution >= 4 is 32.7 Å². The number of hydrogen-bond acceptors (Lipinski definition) is 7. The maximum Gasteiger partial charge on any atom is 0.251 e. The van der Waals surface area contributed by atoms with E-state index in [1.54, 1.807) is 75.6 Å². The molecule has 11 nitrogen and oxygen atoms in total. The topological polar surface area (TPSA) is 152 Å². The second kappa shape index (κ2) is 11.4. The number of sulfonamides is 1. The SMILES string of the molecule is Cc1cc(COc2ccc(C(=O)N[C@@H]3CN(S(=O)(=O)C(C)(C)C)CC[C@@H]3C(=O)NO)cc2)c2ccccc2[n+]1[O-]. The molecule has 0 unspecified atom stereocenters. The molecule has 0 radical (unpaired) electrons. The van der Waals surface area contributed by atoms with E-state index in [9.17, 15) is 28.4 Å². The fraction of sp³-hybridized carbons (Fsp3) is 0.393. The second-order valence-electron chi connectivity index (χ2n) is 10.9. The first-order valence-electron chi connectivity index (χ1n) is 12.9. The molecule has 0 aliphatic carbocycles. The Hall–Kier alpha value is -3.74. The third kappa shape index (κ3) is 5.88. The van der Waals surface area contributed by atoms with Crippen LogP contribution in [0.15, 0.2) is 54.6 Å². The number of nitrogens with zero attached hydrogens (tertiary/aromatic N) is 2. The van der Waals surface area contributed by atoms with E-state index in [1.807, 2.05) is 12.1 Å². The molecule has 3 aromatic rings. The molecule has 1 aliphatic rings. The van der Waals surface area contributed by atoms with Gasteiger partial charge in [-0.1, -0.05) is 12.1 Å². The summed E-state index contributed by atoms with van der Waals surface area (Å²) in [7, 11) is -3.69. The summed E-state index contributed by atoms with van der Waals surface area (Å²) in [5, 5.41) is 25.1. The normalized spacial score (nSPS) is 18.3. The number of fused-ring (bicyclic) bond motifs is 1. The van der Waals surface area contributed by atoms with Crippen LogP contribution in [0.2, 0.25) is 0 Å². The zero-order valence-electron chi connectivity index (χ0n) is 22.9. The van der Waals surface area contributed by atoms with Crippen molar-refractivity contribution in [3.8, 4) is 5.75 Å². The summed E-state index contributed by atoms with van der Waals surface area (Å²) in [5.41, 5.74) is 3.87. The van der Waals surface area contributed by atoms with Crippen LogP contribution in [0.5, 0.6) is 5.75 Å². The van der Waals surface area contributed by atoms with E-state index >= 15 is 0 Å². The summed E-state index contributed by atoms with van der Waals surface area (Å²) in [6.45, 7) is 6.72. The molecule has 3 N–H and O–H groups in total. The Labute approximate surface area is 233 Å². The van der Waals surface area contributed by atoms with Gasteiger partial charge >= 0.3 is 0 Å². The molecule has 0 spiro atoms. The first kappa shape index (κ1) is 29.2. The van der Waals surface area contributed by atoms with Gasteiger partial charge in [0.1, 0.15) is 12.4 Å². The van der Waals surface area contributed by atoms with Crippen LogP contribution in [0.3, 0.4) is 0 Å². The minimum absolute atomic E-state index is 0.0984. The predicted molar refractivity (Wildman–Crippen MR) is 148 cm³/mol. The van der Waals surface area contributed by atoms with Crippen LogP contribution in [-0.2, 0) is 21.4 Å². The highest BCUT2D eigenvalue weighted by atomic mass is 32.2. The molecule has 0 saturated carbocycles. The predicted octanol–water partition coefficient (Wildman–Crippen LogP) is 2.41. The molecule has 40 heavy (non-hydrogen) atoms. The van der Waals surface area contributed by atoms with Crippen LogP contribution in [0.1, 0.15) is 48.8 Å². The number of nitrogens with one attached hydrogen (secondary N) is 2. The van der Waals surface area contributed by atoms with E-state index in [2.05, 4.69) is 5.32 Å². The number of carbonyl (C=O) groups excluding carboxylic acids is 2. The van der Waals surface area contributed by atoms with Crippen molar-refractivity contribution in [2.24, 2.45) is 5.92 Å². The highest BCUT2D eigenvalue weighted by molar-refractivity contribution is 7.90. The molecule has 2 atom stereocenters. The molecule has 1 aliphatic heterocycles. The number of hydroxylamine groups is 1. The number of piperidine rings is 1. The Morgan fingerprint density at radius 2 is 1.82 bits per heavy atom. The Bertz CT molecular complexity index is 1520. The van der Waals surface area contributed by atoms with Gasteiger partial charge in [0.15, 0.2) is 5.69 Å². The van der Waals surface area contributed by atoms with Crippen LogP contribution < -0.4 is 20.3 Å². The average Bonchev–Trinajstić information content (AvgIpc) is 2.93. The van der Waals surface area contributed by atoms with Crippen LogP contribution in [-0.4, -0.2) is 53.6 Å². The summed E-state index contributed by atoms with van der Waals surface area (Å²) in [6, 6.07) is 14.6. The number of rotatable bonds is 7. The summed E-state index contributed by atoms with van der Waals surface area (Å²) >= 11 is 0. The van der Waals surface area contributed by atoms with Gasteiger partial charge in [0, 0.05) is 43.3 Å². The van der Waals surface area contributed by atoms with Crippen molar-refractivity contribution < 1.29 is 32.7 Å². The number of amides is 2. The summed E-state index contributed by atoms with van der Waals surface area (Å²) < 4.78 is 33.0. The molecule has 2 amide bonds. The molecule has 1 aromatic heterocycles. The van der Waals surface area contributed by atoms with E-state index in [0.717, 1.165) is 15.7 Å². The lowest BCUT2D eigenvalue weighted by Crippen LogP contribution is -2.59. The van der Waals surface area contributed by atoms with E-state index in [-0.39, 0.29) is 26.1 Å². The Morgan fingerprint density at radius 3 is 2.48 bits per heavy atom. The molecule has 12 heteroatoms. The van der Waals surface area contributed by atoms with Gasteiger partial charge in [-0.05, 0) is 57.5 Å². The lowest BCUT2D eigenvalue weighted by Gasteiger charge is -2.39. The average molecular weight is 571 g/mol. The molecule has 2 heterocycles. The summed E-state index contributed by atoms with van der Waals surface area (Å²) in [6.07, 6.45) is 0.138. The largest absolute Gasteiger partial charge is 0.618 e. The maximum absolute atomic E-state index is 13.1. The fourth-order valence-electron chi connectivity index (χ4n) is 4.81. The van der Waals surface area contributed by atoms with Gasteiger partial charge in [0.2, 0.25) is 21.4 Å². The van der Waals surface area contributed by atoms with Crippen LogP contribution in [0, 0.1) is 18.0 Å². The van der Waals surface area contributed by atoms with Gasteiger partial charge in [0.05, 0.1) is 22.1 Å². The molecular weight excluding hydrogens is 536 g/mol. The zero-order valence-corrected chi connectivity index (χ0v) is 23.7. The number of aromatic nitrogens is 1. The van der Waals surface area contributed by atoms with Gasteiger partial charge < -0.3 is 15.3 Å². The molecule has 0 bridgehead atoms. The highest BCUT2D eigenvalue weighted by Crippen LogP contribution is 2.27. The van der Waals surface area contributed by atoms with Gasteiger partial charge in [-0.25, -0.2) is 13.9 Å². The smallest absolute Gasteiger partial charge is 0.251 e. The maximum atomic E-state index is 13.1. The van der Waals surface area contributed by atoms with Crippen LogP contribution in [0.4, 0.5) is 0 Å². The molecule has 1 fully saturated rings. The molecule has 4 rings (SSSR count). The third-order valence-electron chi connectivity index (χ3n) is 7.14. The Kier molecular flexibility index (Phi) is 8.33. The molecule has 214 valence electrons. The quantitative estimate of drug-likeness (QED) is 0.171. The number of aryl methyl sites for hydroxylation is 1. The highest BCUT2D eigenvalue weighted by Gasteiger charge is 2.43. The Morgan fingerprint density at radius 1 is 1.15 bits per heavy atom. The van der Waals surface area contributed by atoms with Gasteiger partial charge in [-0.3, -0.25) is 14.8 Å². The fourth-order valence-corrected chi connectivity index (χ4v) is 6.28. The number of hydrogen-bond donors (Lipinski definition) is 3. The lowest BCUT2D eigenvalue weighted by molar-refractivity contribution is -0.584. The van der Waals surface area contributed by atoms with Crippen molar-refractivity contribution in [3.05, 3.63) is 76.6 Å². The minimum atomic E-state index is -3.69. The number of para-hydroxylation sites is 1. The van der Waals surface area contributed by atoms with Crippen molar-refractivity contribution in [1.82, 2.24) is 15.1 Å². The number of benzene rings is 2. The van der Waals surface area contributed by atoms with E-state index in [1.165, 1.54) is 4.31 Å². The van der Waals surface area contributed by atoms with E-state index in [4.69, 9.17) is 4.74 Å². The first-order valence-corrected chi connectivity index (χ1v) is 14.4. The second-order valence-corrected chi connectivity index (χ2v) is 13.6. The number of carbonyl (C=O) groups is 2. The molecular formula is C28H34N4O7S. The van der Waals surface area contributed by atoms with E-state index < -0.39 is 38.5 Å². The van der Waals surface area contributed by atoms with Crippen LogP contribution in [0.25, 0.3) is 10.9 Å². The standard InChI is InChI=1S/C28H34N4O7S/c1-18-15-20(22-7-5-6-8-25(22)32(18)36)17-39-21-11-9-19(10-12-21)26(33)29-24-16-31(40(37,38)28(2,3)4)14-13-23(24)27(34)30-35/h5-12,15,23-24,35H,13-14,16-17H2,1-4H3,(H,29,33)(H,30,34)/t23-,24+/m0/s1. The minimum Gasteiger partial charge on any atom is -0.618 e. The summed E-state index contributed by atoms with van der Waals surface area (Å²) in [4.78, 5) is 25.4. The van der Waals surface area contributed by atoms with Crippen LogP contribution >= 0.6 is 0 Å².